The molecule has 1 heterocycles. The lowest BCUT2D eigenvalue weighted by Gasteiger charge is -2.11. The van der Waals surface area contributed by atoms with Crippen LogP contribution in [0, 0.1) is 0 Å². The van der Waals surface area contributed by atoms with Crippen molar-refractivity contribution in [2.45, 2.75) is 10.9 Å². The standard InChI is InChI=1S/C10H9N3O6S/c11-7-8(10(15)16)12-13(9(7)14)5-1-3-6(4-2-5)20(17,18)19/h1-4,7H,11H2,(H,15,16)(H,17,18,19)/p+1. The Morgan fingerprint density at radius 2 is 1.85 bits per heavy atom. The zero-order valence-corrected chi connectivity index (χ0v) is 10.7. The highest BCUT2D eigenvalue weighted by Crippen LogP contribution is 2.21. The number of carboxylic acid groups (broad SMARTS) is 1. The van der Waals surface area contributed by atoms with Crippen LogP contribution in [0.5, 0.6) is 0 Å². The topological polar surface area (TPSA) is 152 Å². The summed E-state index contributed by atoms with van der Waals surface area (Å²) in [7, 11) is -4.34. The third kappa shape index (κ3) is 2.39. The molecule has 0 fully saturated rings. The van der Waals surface area contributed by atoms with E-state index in [0.29, 0.717) is 0 Å². The van der Waals surface area contributed by atoms with Crippen LogP contribution in [-0.4, -0.2) is 41.7 Å². The summed E-state index contributed by atoms with van der Waals surface area (Å²) in [4.78, 5) is 22.3. The van der Waals surface area contributed by atoms with Gasteiger partial charge in [0.1, 0.15) is 0 Å². The second kappa shape index (κ2) is 4.67. The maximum atomic E-state index is 11.8. The minimum Gasteiger partial charge on any atom is -0.477 e. The van der Waals surface area contributed by atoms with Gasteiger partial charge in [0.25, 0.3) is 10.1 Å². The van der Waals surface area contributed by atoms with Crippen LogP contribution < -0.4 is 10.7 Å². The van der Waals surface area contributed by atoms with Gasteiger partial charge in [-0.3, -0.25) is 9.35 Å². The van der Waals surface area contributed by atoms with Crippen LogP contribution in [0.1, 0.15) is 0 Å². The van der Waals surface area contributed by atoms with Gasteiger partial charge in [-0.2, -0.15) is 18.5 Å². The van der Waals surface area contributed by atoms with Crippen molar-refractivity contribution >= 4 is 33.4 Å². The SMILES string of the molecule is [NH3+]C1C(=O)N(c2ccc(S(=O)(=O)O)cc2)N=C1C(=O)O. The summed E-state index contributed by atoms with van der Waals surface area (Å²) in [5.41, 5.74) is 3.19. The average Bonchev–Trinajstić information content (AvgIpc) is 2.66. The van der Waals surface area contributed by atoms with Crippen molar-refractivity contribution in [3.05, 3.63) is 24.3 Å². The van der Waals surface area contributed by atoms with E-state index in [2.05, 4.69) is 10.8 Å². The summed E-state index contributed by atoms with van der Waals surface area (Å²) in [6.07, 6.45) is 0. The normalized spacial score (nSPS) is 19.1. The van der Waals surface area contributed by atoms with Crippen molar-refractivity contribution in [2.24, 2.45) is 5.10 Å². The maximum Gasteiger partial charge on any atom is 0.358 e. The Hall–Kier alpha value is -2.30. The molecule has 1 unspecified atom stereocenters. The minimum absolute atomic E-state index is 0.173. The highest BCUT2D eigenvalue weighted by Gasteiger charge is 2.41. The molecule has 0 radical (unpaired) electrons. The van der Waals surface area contributed by atoms with Crippen LogP contribution in [0.25, 0.3) is 0 Å². The van der Waals surface area contributed by atoms with Crippen molar-refractivity contribution in [2.75, 3.05) is 5.01 Å². The smallest absolute Gasteiger partial charge is 0.358 e. The number of rotatable bonds is 3. The molecule has 1 atom stereocenters. The van der Waals surface area contributed by atoms with E-state index >= 15 is 0 Å². The van der Waals surface area contributed by atoms with Crippen molar-refractivity contribution in [1.82, 2.24) is 0 Å². The second-order valence-electron chi connectivity index (χ2n) is 3.96. The fraction of sp³-hybridized carbons (Fsp3) is 0.100. The first kappa shape index (κ1) is 14.1. The zero-order chi connectivity index (χ0) is 15.1. The summed E-state index contributed by atoms with van der Waals surface area (Å²) in [6.45, 7) is 0. The Morgan fingerprint density at radius 1 is 1.30 bits per heavy atom. The first-order chi connectivity index (χ1) is 9.21. The van der Waals surface area contributed by atoms with Crippen molar-refractivity contribution < 1.29 is 33.4 Å². The lowest BCUT2D eigenvalue weighted by molar-refractivity contribution is -0.378. The van der Waals surface area contributed by atoms with Gasteiger partial charge in [0.15, 0.2) is 0 Å². The van der Waals surface area contributed by atoms with Crippen LogP contribution in [-0.2, 0) is 19.7 Å². The molecule has 0 saturated carbocycles. The molecule has 0 aliphatic carbocycles. The van der Waals surface area contributed by atoms with Gasteiger partial charge in [-0.1, -0.05) is 0 Å². The highest BCUT2D eigenvalue weighted by atomic mass is 32.2. The molecule has 1 aromatic carbocycles. The van der Waals surface area contributed by atoms with Crippen LogP contribution in [0.15, 0.2) is 34.3 Å². The van der Waals surface area contributed by atoms with Crippen LogP contribution >= 0.6 is 0 Å². The molecule has 20 heavy (non-hydrogen) atoms. The number of nitrogens with zero attached hydrogens (tertiary/aromatic N) is 2. The van der Waals surface area contributed by atoms with E-state index in [1.54, 1.807) is 0 Å². The number of carbonyl (C=O) groups excluding carboxylic acids is 1. The highest BCUT2D eigenvalue weighted by molar-refractivity contribution is 7.85. The number of carboxylic acids is 1. The molecule has 1 aromatic rings. The Morgan fingerprint density at radius 3 is 2.25 bits per heavy atom. The van der Waals surface area contributed by atoms with E-state index in [1.165, 1.54) is 12.1 Å². The van der Waals surface area contributed by atoms with E-state index in [0.717, 1.165) is 17.1 Å². The van der Waals surface area contributed by atoms with Gasteiger partial charge in [0.2, 0.25) is 11.8 Å². The Labute approximate surface area is 113 Å². The van der Waals surface area contributed by atoms with Crippen LogP contribution in [0.2, 0.25) is 0 Å². The van der Waals surface area contributed by atoms with E-state index in [4.69, 9.17) is 9.66 Å². The first-order valence-corrected chi connectivity index (χ1v) is 6.72. The Kier molecular flexibility index (Phi) is 3.29. The van der Waals surface area contributed by atoms with E-state index in [1.807, 2.05) is 0 Å². The van der Waals surface area contributed by atoms with Gasteiger partial charge in [0.05, 0.1) is 10.6 Å². The van der Waals surface area contributed by atoms with Crippen LogP contribution in [0.4, 0.5) is 5.69 Å². The number of hydrazone groups is 1. The number of carbonyl (C=O) groups is 2. The largest absolute Gasteiger partial charge is 0.477 e. The number of amides is 1. The second-order valence-corrected chi connectivity index (χ2v) is 5.38. The number of quaternary nitrogens is 1. The summed E-state index contributed by atoms with van der Waals surface area (Å²) >= 11 is 0. The van der Waals surface area contributed by atoms with Gasteiger partial charge in [-0.05, 0) is 24.3 Å². The first-order valence-electron chi connectivity index (χ1n) is 5.28. The van der Waals surface area contributed by atoms with Crippen molar-refractivity contribution in [3.63, 3.8) is 0 Å². The summed E-state index contributed by atoms with van der Waals surface area (Å²) < 4.78 is 30.6. The maximum absolute atomic E-state index is 11.8. The quantitative estimate of drug-likeness (QED) is 0.567. The van der Waals surface area contributed by atoms with Gasteiger partial charge >= 0.3 is 11.9 Å². The third-order valence-electron chi connectivity index (χ3n) is 2.64. The Bertz CT molecular complexity index is 709. The van der Waals surface area contributed by atoms with Gasteiger partial charge in [-0.25, -0.2) is 4.79 Å². The number of hydrogen-bond donors (Lipinski definition) is 3. The van der Waals surface area contributed by atoms with Gasteiger partial charge < -0.3 is 10.8 Å². The predicted octanol–water partition coefficient (Wildman–Crippen LogP) is -1.67. The summed E-state index contributed by atoms with van der Waals surface area (Å²) in [5.74, 6) is -1.99. The van der Waals surface area contributed by atoms with Gasteiger partial charge in [-0.15, -0.1) is 0 Å². The van der Waals surface area contributed by atoms with E-state index in [9.17, 15) is 18.0 Å². The third-order valence-corrected chi connectivity index (χ3v) is 3.51. The predicted molar refractivity (Wildman–Crippen MR) is 65.5 cm³/mol. The average molecular weight is 300 g/mol. The van der Waals surface area contributed by atoms with Gasteiger partial charge in [0, 0.05) is 0 Å². The zero-order valence-electron chi connectivity index (χ0n) is 9.92. The molecular weight excluding hydrogens is 290 g/mol. The monoisotopic (exact) mass is 300 g/mol. The van der Waals surface area contributed by atoms with E-state index in [-0.39, 0.29) is 10.6 Å². The summed E-state index contributed by atoms with van der Waals surface area (Å²) in [6, 6.07) is 3.47. The molecule has 5 N–H and O–H groups in total. The number of aliphatic carboxylic acids is 1. The number of benzene rings is 1. The minimum atomic E-state index is -4.34. The number of anilines is 1. The summed E-state index contributed by atoms with van der Waals surface area (Å²) in [5, 5.41) is 13.3. The fourth-order valence-corrected chi connectivity index (χ4v) is 2.11. The molecule has 0 saturated heterocycles. The molecular formula is C10H10N3O6S+. The fourth-order valence-electron chi connectivity index (χ4n) is 1.63. The lowest BCUT2D eigenvalue weighted by Crippen LogP contribution is -2.69. The van der Waals surface area contributed by atoms with Crippen molar-refractivity contribution in [1.29, 1.82) is 0 Å². The van der Waals surface area contributed by atoms with Crippen LogP contribution in [0.3, 0.4) is 0 Å². The molecule has 106 valence electrons. The Balaban J connectivity index is 2.38. The molecule has 2 rings (SSSR count). The molecule has 0 spiro atoms. The molecule has 0 aromatic heterocycles. The molecule has 10 heteroatoms. The molecule has 1 amide bonds. The molecule has 1 aliphatic heterocycles. The van der Waals surface area contributed by atoms with E-state index < -0.39 is 33.7 Å². The molecule has 9 nitrogen and oxygen atoms in total. The van der Waals surface area contributed by atoms with Crippen molar-refractivity contribution in [3.8, 4) is 0 Å². The lowest BCUT2D eigenvalue weighted by atomic mass is 10.2. The molecule has 1 aliphatic rings. The molecule has 0 bridgehead atoms. The number of hydrogen-bond acceptors (Lipinski definition) is 5.